The zero-order valence-corrected chi connectivity index (χ0v) is 33.0. The fourth-order valence-corrected chi connectivity index (χ4v) is 9.46. The Labute approximate surface area is 333 Å². The summed E-state index contributed by atoms with van der Waals surface area (Å²) in [6.45, 7) is 15.6. The molecule has 0 aliphatic carbocycles. The quantitative estimate of drug-likeness (QED) is 0.0927. The summed E-state index contributed by atoms with van der Waals surface area (Å²) in [4.78, 5) is 50.5. The van der Waals surface area contributed by atoms with Gasteiger partial charge in [-0.1, -0.05) is 42.5 Å². The summed E-state index contributed by atoms with van der Waals surface area (Å²) in [6.07, 6.45) is 0. The number of nitrogens with zero attached hydrogens (tertiary/aromatic N) is 5. The van der Waals surface area contributed by atoms with Gasteiger partial charge in [0.25, 0.3) is 17.7 Å². The first kappa shape index (κ1) is 36.9. The molecule has 0 saturated carbocycles. The van der Waals surface area contributed by atoms with Crippen LogP contribution in [-0.4, -0.2) is 98.1 Å². The lowest BCUT2D eigenvalue weighted by molar-refractivity contribution is 0.0316. The van der Waals surface area contributed by atoms with E-state index >= 15 is 0 Å². The third-order valence-electron chi connectivity index (χ3n) is 12.5. The van der Waals surface area contributed by atoms with Crippen LogP contribution in [0.25, 0.3) is 21.9 Å². The number of morpholine rings is 1. The van der Waals surface area contributed by atoms with Crippen molar-refractivity contribution in [3.05, 3.63) is 118 Å². The molecule has 1 saturated heterocycles. The molecule has 0 aromatic heterocycles. The number of imide groups is 1. The first-order valence-electron chi connectivity index (χ1n) is 20.2. The number of anilines is 2. The second-order valence-corrected chi connectivity index (χ2v) is 15.1. The highest BCUT2D eigenvalue weighted by atomic mass is 16.5. The van der Waals surface area contributed by atoms with Crippen LogP contribution < -0.4 is 20.4 Å². The van der Waals surface area contributed by atoms with Gasteiger partial charge in [-0.2, -0.15) is 0 Å². The first-order valence-corrected chi connectivity index (χ1v) is 20.2. The molecule has 2 N–H and O–H groups in total. The normalized spacial score (nSPS) is 16.8. The fraction of sp³-hybridized carbons (Fsp3) is 0.326. The SMILES string of the molecule is CCN(CC)c1ccc2c(c1)Oc1cc(N(CC)CC)ccc1C21c2ccc(-c3ccc4c5c(cccc35)C(=O)N(CCN3CCOCC3)C4=O)cc2C(=O)N1N. The number of carbonyl (C=O) groups is 3. The minimum atomic E-state index is -1.15. The molecule has 57 heavy (non-hydrogen) atoms. The average Bonchev–Trinajstić information content (AvgIpc) is 3.45. The van der Waals surface area contributed by atoms with Gasteiger partial charge in [-0.05, 0) is 74.5 Å². The number of hydrogen-bond acceptors (Lipinski definition) is 9. The van der Waals surface area contributed by atoms with Gasteiger partial charge in [-0.3, -0.25) is 29.2 Å². The van der Waals surface area contributed by atoms with Crippen molar-refractivity contribution in [2.24, 2.45) is 5.84 Å². The van der Waals surface area contributed by atoms with Gasteiger partial charge in [0.05, 0.1) is 13.2 Å². The molecule has 3 amide bonds. The third-order valence-corrected chi connectivity index (χ3v) is 12.5. The molecule has 11 nitrogen and oxygen atoms in total. The number of carbonyl (C=O) groups excluding carboxylic acids is 3. The van der Waals surface area contributed by atoms with Gasteiger partial charge in [0.15, 0.2) is 0 Å². The highest BCUT2D eigenvalue weighted by Crippen LogP contribution is 2.58. The molecule has 1 spiro atoms. The fourth-order valence-electron chi connectivity index (χ4n) is 9.46. The molecule has 0 bridgehead atoms. The number of hydrogen-bond donors (Lipinski definition) is 1. The maximum Gasteiger partial charge on any atom is 0.269 e. The molecule has 5 aromatic rings. The molecule has 292 valence electrons. The predicted octanol–water partition coefficient (Wildman–Crippen LogP) is 6.85. The van der Waals surface area contributed by atoms with Gasteiger partial charge in [0.2, 0.25) is 0 Å². The molecular formula is C46H48N6O5. The number of hydrazine groups is 1. The molecule has 0 atom stereocenters. The highest BCUT2D eigenvalue weighted by molar-refractivity contribution is 6.27. The summed E-state index contributed by atoms with van der Waals surface area (Å²) < 4.78 is 12.2. The van der Waals surface area contributed by atoms with E-state index in [1.165, 1.54) is 9.91 Å². The van der Waals surface area contributed by atoms with E-state index in [1.807, 2.05) is 54.6 Å². The molecule has 4 heterocycles. The summed E-state index contributed by atoms with van der Waals surface area (Å²) >= 11 is 0. The Bertz CT molecular complexity index is 2370. The Balaban J connectivity index is 1.16. The molecular weight excluding hydrogens is 717 g/mol. The largest absolute Gasteiger partial charge is 0.456 e. The number of nitrogens with two attached hydrogens (primary N) is 1. The van der Waals surface area contributed by atoms with Gasteiger partial charge >= 0.3 is 0 Å². The van der Waals surface area contributed by atoms with Crippen molar-refractivity contribution in [2.75, 3.05) is 75.4 Å². The highest BCUT2D eigenvalue weighted by Gasteiger charge is 2.56. The monoisotopic (exact) mass is 764 g/mol. The number of ether oxygens (including phenoxy) is 2. The summed E-state index contributed by atoms with van der Waals surface area (Å²) in [7, 11) is 0. The van der Waals surface area contributed by atoms with Gasteiger partial charge in [-0.25, -0.2) is 5.84 Å². The van der Waals surface area contributed by atoms with E-state index in [0.29, 0.717) is 59.9 Å². The molecule has 4 aliphatic rings. The van der Waals surface area contributed by atoms with Crippen LogP contribution in [0.1, 0.15) is 75.5 Å². The van der Waals surface area contributed by atoms with Crippen LogP contribution >= 0.6 is 0 Å². The van der Waals surface area contributed by atoms with E-state index in [-0.39, 0.29) is 17.7 Å². The molecule has 0 radical (unpaired) electrons. The van der Waals surface area contributed by atoms with Crippen LogP contribution in [0, 0.1) is 0 Å². The van der Waals surface area contributed by atoms with Crippen LogP contribution in [0.3, 0.4) is 0 Å². The van der Waals surface area contributed by atoms with Crippen LogP contribution in [0.5, 0.6) is 11.5 Å². The summed E-state index contributed by atoms with van der Waals surface area (Å²) in [5.74, 6) is 7.46. The number of amides is 3. The maximum atomic E-state index is 14.6. The Morgan fingerprint density at radius 1 is 0.632 bits per heavy atom. The first-order chi connectivity index (χ1) is 27.7. The van der Waals surface area contributed by atoms with Crippen molar-refractivity contribution in [2.45, 2.75) is 33.2 Å². The summed E-state index contributed by atoms with van der Waals surface area (Å²) in [5.41, 5.74) is 6.34. The topological polar surface area (TPSA) is 112 Å². The lowest BCUT2D eigenvalue weighted by atomic mass is 9.75. The van der Waals surface area contributed by atoms with E-state index < -0.39 is 5.54 Å². The lowest BCUT2D eigenvalue weighted by Gasteiger charge is -2.42. The Morgan fingerprint density at radius 2 is 1.21 bits per heavy atom. The third kappa shape index (κ3) is 5.54. The zero-order valence-electron chi connectivity index (χ0n) is 33.0. The van der Waals surface area contributed by atoms with Gasteiger partial charge in [0, 0.05) is 115 Å². The van der Waals surface area contributed by atoms with Crippen molar-refractivity contribution >= 4 is 39.9 Å². The molecule has 11 heteroatoms. The van der Waals surface area contributed by atoms with E-state index in [0.717, 1.165) is 83.8 Å². The van der Waals surface area contributed by atoms with Crippen molar-refractivity contribution in [3.63, 3.8) is 0 Å². The van der Waals surface area contributed by atoms with Crippen molar-refractivity contribution in [3.8, 4) is 22.6 Å². The standard InChI is InChI=1S/C46H48N6O5/c1-5-49(6-2)30-13-18-38-40(27-30)57-41-28-31(50(7-3)8-4)14-19-39(41)46(38)37-17-12-29(26-36(37)45(55)52(46)47)32-15-16-35-42-33(32)10-9-11-34(42)43(53)51(44(35)54)21-20-48-22-24-56-25-23-48/h9-19,26-28H,5-8,20-25,47H2,1-4H3. The minimum absolute atomic E-state index is 0.293. The van der Waals surface area contributed by atoms with Crippen LogP contribution in [0.4, 0.5) is 11.4 Å². The number of rotatable bonds is 10. The molecule has 1 fully saturated rings. The summed E-state index contributed by atoms with van der Waals surface area (Å²) in [6, 6.07) is 27.6. The molecule has 4 aliphatic heterocycles. The van der Waals surface area contributed by atoms with Crippen LogP contribution in [-0.2, 0) is 10.3 Å². The average molecular weight is 765 g/mol. The Hall–Kier alpha value is -5.75. The van der Waals surface area contributed by atoms with Crippen molar-refractivity contribution < 1.29 is 23.9 Å². The van der Waals surface area contributed by atoms with E-state index in [1.54, 1.807) is 6.07 Å². The maximum absolute atomic E-state index is 14.6. The van der Waals surface area contributed by atoms with Crippen molar-refractivity contribution in [1.82, 2.24) is 14.8 Å². The smallest absolute Gasteiger partial charge is 0.269 e. The van der Waals surface area contributed by atoms with E-state index in [2.05, 4.69) is 66.7 Å². The zero-order chi connectivity index (χ0) is 39.6. The van der Waals surface area contributed by atoms with Gasteiger partial charge < -0.3 is 19.3 Å². The lowest BCUT2D eigenvalue weighted by Crippen LogP contribution is -2.51. The van der Waals surface area contributed by atoms with E-state index in [9.17, 15) is 14.4 Å². The van der Waals surface area contributed by atoms with Crippen molar-refractivity contribution in [1.29, 1.82) is 0 Å². The molecule has 9 rings (SSSR count). The Kier molecular flexibility index (Phi) is 9.26. The predicted molar refractivity (Wildman–Crippen MR) is 222 cm³/mol. The molecule has 5 aromatic carbocycles. The van der Waals surface area contributed by atoms with Gasteiger partial charge in [0.1, 0.15) is 17.0 Å². The minimum Gasteiger partial charge on any atom is -0.456 e. The second-order valence-electron chi connectivity index (χ2n) is 15.1. The molecule has 0 unspecified atom stereocenters. The number of fused-ring (bicyclic) bond motifs is 6. The van der Waals surface area contributed by atoms with Gasteiger partial charge in [-0.15, -0.1) is 0 Å². The number of benzene rings is 5. The van der Waals surface area contributed by atoms with Crippen LogP contribution in [0.15, 0.2) is 84.9 Å². The Morgan fingerprint density at radius 3 is 1.82 bits per heavy atom. The summed E-state index contributed by atoms with van der Waals surface area (Å²) in [5, 5.41) is 2.78. The second kappa shape index (κ2) is 14.3. The van der Waals surface area contributed by atoms with Crippen LogP contribution in [0.2, 0.25) is 0 Å². The van der Waals surface area contributed by atoms with E-state index in [4.69, 9.17) is 15.3 Å².